The maximum atomic E-state index is 12.2. The number of halogens is 3. The van der Waals surface area contributed by atoms with E-state index in [4.69, 9.17) is 11.6 Å². The normalized spacial score (nSPS) is 10.9. The SMILES string of the molecule is CCCCCCCC(=O)N(CCCl)CC(F)F. The van der Waals surface area contributed by atoms with Crippen LogP contribution in [0.2, 0.25) is 0 Å². The fraction of sp³-hybridized carbons (Fsp3) is 0.917. The zero-order valence-corrected chi connectivity index (χ0v) is 11.2. The van der Waals surface area contributed by atoms with E-state index in [1.54, 1.807) is 0 Å². The summed E-state index contributed by atoms with van der Waals surface area (Å²) in [6.45, 7) is 1.83. The number of rotatable bonds is 10. The van der Waals surface area contributed by atoms with E-state index in [0.29, 0.717) is 6.42 Å². The molecule has 0 fully saturated rings. The summed E-state index contributed by atoms with van der Waals surface area (Å²) in [6.07, 6.45) is 3.06. The fourth-order valence-electron chi connectivity index (χ4n) is 1.62. The Kier molecular flexibility index (Phi) is 10.5. The van der Waals surface area contributed by atoms with E-state index in [2.05, 4.69) is 6.92 Å². The van der Waals surface area contributed by atoms with Gasteiger partial charge in [0.15, 0.2) is 0 Å². The highest BCUT2D eigenvalue weighted by atomic mass is 35.5. The molecular weight excluding hydrogens is 248 g/mol. The Morgan fingerprint density at radius 3 is 2.41 bits per heavy atom. The Labute approximate surface area is 107 Å². The maximum Gasteiger partial charge on any atom is 0.255 e. The average Bonchev–Trinajstić information content (AvgIpc) is 2.27. The van der Waals surface area contributed by atoms with Crippen LogP contribution in [-0.4, -0.2) is 36.2 Å². The van der Waals surface area contributed by atoms with Crippen molar-refractivity contribution in [1.29, 1.82) is 0 Å². The molecule has 0 aliphatic carbocycles. The number of alkyl halides is 3. The van der Waals surface area contributed by atoms with Crippen LogP contribution >= 0.6 is 11.6 Å². The molecule has 0 atom stereocenters. The minimum absolute atomic E-state index is 0.203. The first kappa shape index (κ1) is 16.6. The first-order valence-electron chi connectivity index (χ1n) is 6.23. The van der Waals surface area contributed by atoms with Gasteiger partial charge in [-0.1, -0.05) is 32.6 Å². The van der Waals surface area contributed by atoms with Crippen molar-refractivity contribution >= 4 is 17.5 Å². The van der Waals surface area contributed by atoms with Crippen molar-refractivity contribution in [2.45, 2.75) is 51.9 Å². The second-order valence-electron chi connectivity index (χ2n) is 4.08. The number of carbonyl (C=O) groups excluding carboxylic acids is 1. The van der Waals surface area contributed by atoms with Crippen molar-refractivity contribution in [2.24, 2.45) is 0 Å². The third kappa shape index (κ3) is 9.33. The molecule has 0 saturated heterocycles. The highest BCUT2D eigenvalue weighted by Gasteiger charge is 2.16. The number of hydrogen-bond donors (Lipinski definition) is 0. The standard InChI is InChI=1S/C12H22ClF2NO/c1-2-3-4-5-6-7-12(17)16(9-8-13)10-11(14)15/h11H,2-10H2,1H3. The molecule has 0 saturated carbocycles. The number of nitrogens with zero attached hydrogens (tertiary/aromatic N) is 1. The summed E-state index contributed by atoms with van der Waals surface area (Å²) in [5.74, 6) is -0.00339. The van der Waals surface area contributed by atoms with Crippen LogP contribution in [0.5, 0.6) is 0 Å². The quantitative estimate of drug-likeness (QED) is 0.438. The molecule has 5 heteroatoms. The zero-order chi connectivity index (χ0) is 13.1. The van der Waals surface area contributed by atoms with E-state index in [1.165, 1.54) is 0 Å². The molecule has 0 aliphatic rings. The van der Waals surface area contributed by atoms with Crippen molar-refractivity contribution in [3.8, 4) is 0 Å². The topological polar surface area (TPSA) is 20.3 Å². The van der Waals surface area contributed by atoms with Gasteiger partial charge in [0.25, 0.3) is 6.43 Å². The van der Waals surface area contributed by atoms with Gasteiger partial charge < -0.3 is 4.90 Å². The molecule has 0 aliphatic heterocycles. The van der Waals surface area contributed by atoms with Gasteiger partial charge in [-0.05, 0) is 6.42 Å². The smallest absolute Gasteiger partial charge is 0.255 e. The molecule has 0 aromatic rings. The summed E-state index contributed by atoms with van der Waals surface area (Å²) in [5.41, 5.74) is 0. The molecule has 0 N–H and O–H groups in total. The van der Waals surface area contributed by atoms with Gasteiger partial charge >= 0.3 is 0 Å². The molecule has 0 unspecified atom stereocenters. The predicted molar refractivity (Wildman–Crippen MR) is 66.7 cm³/mol. The molecule has 17 heavy (non-hydrogen) atoms. The predicted octanol–water partition coefficient (Wildman–Crippen LogP) is 3.68. The summed E-state index contributed by atoms with van der Waals surface area (Å²) < 4.78 is 24.4. The van der Waals surface area contributed by atoms with Gasteiger partial charge in [0.1, 0.15) is 0 Å². The molecular formula is C12H22ClF2NO. The molecule has 0 bridgehead atoms. The lowest BCUT2D eigenvalue weighted by atomic mass is 10.1. The molecule has 0 aromatic carbocycles. The van der Waals surface area contributed by atoms with Crippen molar-refractivity contribution in [2.75, 3.05) is 19.0 Å². The van der Waals surface area contributed by atoms with Crippen molar-refractivity contribution in [3.05, 3.63) is 0 Å². The Hall–Kier alpha value is -0.380. The van der Waals surface area contributed by atoms with Crippen molar-refractivity contribution in [3.63, 3.8) is 0 Å². The van der Waals surface area contributed by atoms with E-state index >= 15 is 0 Å². The van der Waals surface area contributed by atoms with Crippen LogP contribution in [0, 0.1) is 0 Å². The van der Waals surface area contributed by atoms with Gasteiger partial charge in [-0.25, -0.2) is 8.78 Å². The Morgan fingerprint density at radius 1 is 1.24 bits per heavy atom. The number of amides is 1. The van der Waals surface area contributed by atoms with Crippen LogP contribution in [0.3, 0.4) is 0 Å². The second-order valence-corrected chi connectivity index (χ2v) is 4.46. The van der Waals surface area contributed by atoms with Gasteiger partial charge in [0.05, 0.1) is 6.54 Å². The lowest BCUT2D eigenvalue weighted by Crippen LogP contribution is -2.36. The first-order valence-corrected chi connectivity index (χ1v) is 6.77. The monoisotopic (exact) mass is 269 g/mol. The minimum atomic E-state index is -2.48. The fourth-order valence-corrected chi connectivity index (χ4v) is 1.83. The van der Waals surface area contributed by atoms with E-state index in [1.807, 2.05) is 0 Å². The molecule has 0 aromatic heterocycles. The Balaban J connectivity index is 3.80. The Morgan fingerprint density at radius 2 is 1.88 bits per heavy atom. The van der Waals surface area contributed by atoms with Crippen molar-refractivity contribution < 1.29 is 13.6 Å². The summed E-state index contributed by atoms with van der Waals surface area (Å²) in [5, 5.41) is 0. The molecule has 0 rings (SSSR count). The second kappa shape index (κ2) is 10.8. The Bertz CT molecular complexity index is 203. The number of hydrogen-bond acceptors (Lipinski definition) is 1. The van der Waals surface area contributed by atoms with Gasteiger partial charge in [-0.2, -0.15) is 0 Å². The lowest BCUT2D eigenvalue weighted by Gasteiger charge is -2.21. The van der Waals surface area contributed by atoms with Gasteiger partial charge in [0, 0.05) is 18.8 Å². The van der Waals surface area contributed by atoms with Crippen LogP contribution in [0.25, 0.3) is 0 Å². The molecule has 0 radical (unpaired) electrons. The third-order valence-corrected chi connectivity index (χ3v) is 2.73. The maximum absolute atomic E-state index is 12.2. The van der Waals surface area contributed by atoms with E-state index in [0.717, 1.165) is 37.0 Å². The zero-order valence-electron chi connectivity index (χ0n) is 10.4. The van der Waals surface area contributed by atoms with Crippen LogP contribution < -0.4 is 0 Å². The first-order chi connectivity index (χ1) is 8.11. The van der Waals surface area contributed by atoms with Gasteiger partial charge in [-0.15, -0.1) is 11.6 Å². The molecule has 0 heterocycles. The average molecular weight is 270 g/mol. The summed E-state index contributed by atoms with van der Waals surface area (Å²) >= 11 is 5.49. The third-order valence-electron chi connectivity index (χ3n) is 2.56. The minimum Gasteiger partial charge on any atom is -0.336 e. The largest absolute Gasteiger partial charge is 0.336 e. The van der Waals surface area contributed by atoms with Crippen LogP contribution in [0.1, 0.15) is 45.4 Å². The molecule has 102 valence electrons. The van der Waals surface area contributed by atoms with E-state index < -0.39 is 13.0 Å². The van der Waals surface area contributed by atoms with Crippen LogP contribution in [-0.2, 0) is 4.79 Å². The van der Waals surface area contributed by atoms with Gasteiger partial charge in [0.2, 0.25) is 5.91 Å². The highest BCUT2D eigenvalue weighted by Crippen LogP contribution is 2.08. The number of carbonyl (C=O) groups is 1. The van der Waals surface area contributed by atoms with Gasteiger partial charge in [-0.3, -0.25) is 4.79 Å². The molecule has 1 amide bonds. The number of unbranched alkanes of at least 4 members (excludes halogenated alkanes) is 4. The van der Waals surface area contributed by atoms with Crippen LogP contribution in [0.4, 0.5) is 8.78 Å². The summed E-state index contributed by atoms with van der Waals surface area (Å²) in [7, 11) is 0. The summed E-state index contributed by atoms with van der Waals surface area (Å²) in [4.78, 5) is 12.8. The van der Waals surface area contributed by atoms with Crippen LogP contribution in [0.15, 0.2) is 0 Å². The van der Waals surface area contributed by atoms with E-state index in [-0.39, 0.29) is 18.3 Å². The van der Waals surface area contributed by atoms with E-state index in [9.17, 15) is 13.6 Å². The van der Waals surface area contributed by atoms with Crippen molar-refractivity contribution in [1.82, 2.24) is 4.90 Å². The highest BCUT2D eigenvalue weighted by molar-refractivity contribution is 6.18. The molecule has 2 nitrogen and oxygen atoms in total. The molecule has 0 spiro atoms. The summed E-state index contributed by atoms with van der Waals surface area (Å²) in [6, 6.07) is 0. The lowest BCUT2D eigenvalue weighted by molar-refractivity contribution is -0.133.